The number of nitrogens with zero attached hydrogens (tertiary/aromatic N) is 3. The number of hydrogen-bond donors (Lipinski definition) is 1. The summed E-state index contributed by atoms with van der Waals surface area (Å²) in [6.07, 6.45) is 3.28. The molecule has 4 aromatic rings. The van der Waals surface area contributed by atoms with Crippen LogP contribution in [0.25, 0.3) is 0 Å². The maximum Gasteiger partial charge on any atom is 0.308 e. The molecule has 0 bridgehead atoms. The Morgan fingerprint density at radius 2 is 1.77 bits per heavy atom. The zero-order valence-electron chi connectivity index (χ0n) is 19.9. The fourth-order valence-electron chi connectivity index (χ4n) is 4.90. The number of thioether (sulfide) groups is 1. The van der Waals surface area contributed by atoms with Crippen LogP contribution in [0.1, 0.15) is 16.4 Å². The molecule has 2 aromatic carbocycles. The quantitative estimate of drug-likeness (QED) is 0.303. The largest absolute Gasteiger partial charge is 0.325 e. The number of carbonyl (C=O) groups is 3. The van der Waals surface area contributed by atoms with Gasteiger partial charge in [0.2, 0.25) is 17.7 Å². The fourth-order valence-corrected chi connectivity index (χ4v) is 8.06. The molecule has 2 aliphatic heterocycles. The summed E-state index contributed by atoms with van der Waals surface area (Å²) in [5, 5.41) is 3.07. The molecule has 8 nitrogen and oxygen atoms in total. The molecule has 0 saturated carbocycles. The van der Waals surface area contributed by atoms with Crippen molar-refractivity contribution in [1.82, 2.24) is 9.55 Å². The molecular weight excluding hydrogens is 624 g/mol. The van der Waals surface area contributed by atoms with Crippen LogP contribution >= 0.6 is 50.6 Å². The summed E-state index contributed by atoms with van der Waals surface area (Å²) in [6.45, 7) is -0.240. The van der Waals surface area contributed by atoms with Gasteiger partial charge in [-0.25, -0.2) is 4.90 Å². The summed E-state index contributed by atoms with van der Waals surface area (Å²) in [4.78, 5) is 59.4. The van der Waals surface area contributed by atoms with Crippen LogP contribution in [0.3, 0.4) is 0 Å². The predicted octanol–water partition coefficient (Wildman–Crippen LogP) is 5.16. The molecule has 2 unspecified atom stereocenters. The van der Waals surface area contributed by atoms with Crippen LogP contribution < -0.4 is 15.1 Å². The summed E-state index contributed by atoms with van der Waals surface area (Å²) < 4.78 is 2.21. The minimum Gasteiger partial charge on any atom is -0.325 e. The molecule has 196 valence electrons. The van der Waals surface area contributed by atoms with Crippen molar-refractivity contribution in [2.75, 3.05) is 10.2 Å². The van der Waals surface area contributed by atoms with Gasteiger partial charge in [-0.3, -0.25) is 28.7 Å². The fraction of sp³-hybridized carbons (Fsp3) is 0.148. The first kappa shape index (κ1) is 26.0. The molecule has 3 amide bonds. The van der Waals surface area contributed by atoms with Crippen LogP contribution in [0.2, 0.25) is 5.02 Å². The number of imide groups is 1. The number of halogens is 2. The number of aromatic nitrogens is 2. The third-order valence-corrected chi connectivity index (χ3v) is 9.99. The van der Waals surface area contributed by atoms with Gasteiger partial charge in [-0.15, -0.1) is 0 Å². The highest BCUT2D eigenvalue weighted by molar-refractivity contribution is 9.10. The molecule has 2 aromatic heterocycles. The Morgan fingerprint density at radius 3 is 2.46 bits per heavy atom. The van der Waals surface area contributed by atoms with Gasteiger partial charge >= 0.3 is 4.87 Å². The van der Waals surface area contributed by atoms with E-state index in [1.54, 1.807) is 67.0 Å². The molecule has 2 aliphatic rings. The second-order valence-electron chi connectivity index (χ2n) is 9.00. The van der Waals surface area contributed by atoms with Gasteiger partial charge in [-0.2, -0.15) is 0 Å². The Hall–Kier alpha value is -3.25. The number of pyridine rings is 1. The van der Waals surface area contributed by atoms with E-state index in [1.165, 1.54) is 21.2 Å². The minimum absolute atomic E-state index is 0.240. The normalized spacial score (nSPS) is 20.1. The van der Waals surface area contributed by atoms with E-state index in [4.69, 9.17) is 11.6 Å². The van der Waals surface area contributed by atoms with Gasteiger partial charge in [0.05, 0.1) is 16.6 Å². The number of anilines is 2. The average molecular weight is 642 g/mol. The van der Waals surface area contributed by atoms with Crippen molar-refractivity contribution in [3.8, 4) is 0 Å². The number of nitrogens with one attached hydrogen (secondary N) is 1. The third-order valence-electron chi connectivity index (χ3n) is 6.61. The van der Waals surface area contributed by atoms with Gasteiger partial charge in [0.25, 0.3) is 0 Å². The number of hydrogen-bond acceptors (Lipinski definition) is 7. The van der Waals surface area contributed by atoms with Gasteiger partial charge < -0.3 is 5.32 Å². The van der Waals surface area contributed by atoms with Crippen molar-refractivity contribution in [3.05, 3.63) is 103 Å². The molecule has 0 spiro atoms. The van der Waals surface area contributed by atoms with E-state index in [0.717, 1.165) is 21.4 Å². The second-order valence-corrected chi connectivity index (χ2v) is 12.5. The summed E-state index contributed by atoms with van der Waals surface area (Å²) in [6, 6.07) is 17.2. The van der Waals surface area contributed by atoms with E-state index in [-0.39, 0.29) is 23.2 Å². The molecule has 0 aliphatic carbocycles. The Bertz CT molecular complexity index is 1660. The van der Waals surface area contributed by atoms with E-state index < -0.39 is 23.0 Å². The highest BCUT2D eigenvalue weighted by Gasteiger charge is 2.56. The molecule has 4 heterocycles. The maximum atomic E-state index is 13.8. The van der Waals surface area contributed by atoms with E-state index in [1.807, 2.05) is 6.07 Å². The monoisotopic (exact) mass is 640 g/mol. The summed E-state index contributed by atoms with van der Waals surface area (Å²) in [5.74, 6) is -2.36. The number of rotatable bonds is 5. The summed E-state index contributed by atoms with van der Waals surface area (Å²) in [5.41, 5.74) is 1.76. The van der Waals surface area contributed by atoms with Crippen molar-refractivity contribution in [2.24, 2.45) is 5.92 Å². The lowest BCUT2D eigenvalue weighted by molar-refractivity contribution is -0.122. The Labute approximate surface area is 244 Å². The zero-order valence-corrected chi connectivity index (χ0v) is 23.9. The van der Waals surface area contributed by atoms with Crippen LogP contribution in [-0.2, 0) is 20.9 Å². The molecule has 3 atom stereocenters. The zero-order chi connectivity index (χ0) is 27.3. The number of amides is 3. The van der Waals surface area contributed by atoms with Crippen LogP contribution in [-0.4, -0.2) is 32.5 Å². The minimum atomic E-state index is -0.765. The maximum absolute atomic E-state index is 13.8. The molecule has 39 heavy (non-hydrogen) atoms. The molecular formula is C27H18BrClN4O4S2. The number of fused-ring (bicyclic) bond motifs is 2. The second kappa shape index (κ2) is 10.4. The van der Waals surface area contributed by atoms with E-state index in [9.17, 15) is 19.2 Å². The first-order chi connectivity index (χ1) is 18.8. The highest BCUT2D eigenvalue weighted by atomic mass is 79.9. The molecule has 12 heteroatoms. The van der Waals surface area contributed by atoms with Gasteiger partial charge in [0, 0.05) is 38.4 Å². The molecule has 0 radical (unpaired) electrons. The van der Waals surface area contributed by atoms with Crippen molar-refractivity contribution in [1.29, 1.82) is 0 Å². The Balaban J connectivity index is 1.39. The van der Waals surface area contributed by atoms with Crippen LogP contribution in [0.4, 0.5) is 11.4 Å². The number of thiazole rings is 1. The topological polar surface area (TPSA) is 101 Å². The lowest BCUT2D eigenvalue weighted by Gasteiger charge is -2.30. The van der Waals surface area contributed by atoms with E-state index in [2.05, 4.69) is 26.2 Å². The van der Waals surface area contributed by atoms with Crippen molar-refractivity contribution in [3.63, 3.8) is 0 Å². The van der Waals surface area contributed by atoms with Crippen LogP contribution in [0.15, 0.2) is 87.4 Å². The highest BCUT2D eigenvalue weighted by Crippen LogP contribution is 2.53. The predicted molar refractivity (Wildman–Crippen MR) is 155 cm³/mol. The van der Waals surface area contributed by atoms with Crippen LogP contribution in [0.5, 0.6) is 0 Å². The molecule has 6 rings (SSSR count). The van der Waals surface area contributed by atoms with Gasteiger partial charge in [-0.1, -0.05) is 56.7 Å². The molecule has 1 N–H and O–H groups in total. The third kappa shape index (κ3) is 4.73. The standard InChI is InChI=1S/C27H18BrClN4O4S2/c28-15-3-9-18(10-4-15)33-24(35)21-20(14-2-1-11-30-12-14)23-26(38-22(21)25(33)36)32(27(37)39-23)13-19(34)31-17-7-5-16(29)6-8-17/h1-12,20-22H,13H2,(H,31,34)/t20-,21?,22?/m1/s1. The Morgan fingerprint density at radius 1 is 1.03 bits per heavy atom. The van der Waals surface area contributed by atoms with Crippen LogP contribution in [0, 0.1) is 5.92 Å². The van der Waals surface area contributed by atoms with Crippen molar-refractivity contribution in [2.45, 2.75) is 22.7 Å². The molecule has 1 fully saturated rings. The molecule has 1 saturated heterocycles. The summed E-state index contributed by atoms with van der Waals surface area (Å²) in [7, 11) is 0. The van der Waals surface area contributed by atoms with E-state index in [0.29, 0.717) is 26.3 Å². The Kier molecular flexibility index (Phi) is 6.92. The first-order valence-corrected chi connectivity index (χ1v) is 14.7. The smallest absolute Gasteiger partial charge is 0.308 e. The SMILES string of the molecule is O=C(Cn1c2c(sc1=O)[C@H](c1cccnc1)C1C(=O)N(c3ccc(Br)cc3)C(=O)C1S2)Nc1ccc(Cl)cc1. The summed E-state index contributed by atoms with van der Waals surface area (Å²) >= 11 is 11.5. The van der Waals surface area contributed by atoms with E-state index >= 15 is 0 Å². The lowest BCUT2D eigenvalue weighted by Crippen LogP contribution is -2.33. The van der Waals surface area contributed by atoms with Gasteiger partial charge in [0.1, 0.15) is 11.8 Å². The van der Waals surface area contributed by atoms with Crippen molar-refractivity contribution >= 4 is 79.7 Å². The van der Waals surface area contributed by atoms with Crippen molar-refractivity contribution < 1.29 is 14.4 Å². The lowest BCUT2D eigenvalue weighted by atomic mass is 9.84. The number of carbonyl (C=O) groups excluding carboxylic acids is 3. The van der Waals surface area contributed by atoms with Gasteiger partial charge in [0.15, 0.2) is 0 Å². The van der Waals surface area contributed by atoms with Gasteiger partial charge in [-0.05, 0) is 60.2 Å². The number of benzene rings is 2. The first-order valence-electron chi connectivity index (χ1n) is 11.8. The average Bonchev–Trinajstić information content (AvgIpc) is 3.37.